The van der Waals surface area contributed by atoms with Crippen molar-refractivity contribution in [1.82, 2.24) is 4.98 Å². The molecule has 2 heterocycles. The number of methoxy groups -OCH3 is 1. The minimum absolute atomic E-state index is 0.293. The van der Waals surface area contributed by atoms with E-state index in [9.17, 15) is 9.59 Å². The predicted molar refractivity (Wildman–Crippen MR) is 88.3 cm³/mol. The zero-order valence-corrected chi connectivity index (χ0v) is 13.5. The van der Waals surface area contributed by atoms with Gasteiger partial charge in [-0.25, -0.2) is 4.98 Å². The predicted octanol–water partition coefficient (Wildman–Crippen LogP) is 2.13. The van der Waals surface area contributed by atoms with Gasteiger partial charge < -0.3 is 20.1 Å². The third-order valence-corrected chi connectivity index (χ3v) is 3.79. The van der Waals surface area contributed by atoms with Gasteiger partial charge in [-0.15, -0.1) is 0 Å². The minimum Gasteiger partial charge on any atom is -0.495 e. The highest BCUT2D eigenvalue weighted by Gasteiger charge is 2.47. The molecule has 1 aromatic heterocycles. The number of nitrogens with one attached hydrogen (secondary N) is 2. The summed E-state index contributed by atoms with van der Waals surface area (Å²) in [5.74, 6) is -0.0566. The number of anilines is 2. The van der Waals surface area contributed by atoms with Crippen LogP contribution in [-0.2, 0) is 9.59 Å². The molecule has 1 aliphatic rings. The minimum atomic E-state index is -1.72. The second-order valence-electron chi connectivity index (χ2n) is 5.60. The van der Waals surface area contributed by atoms with E-state index in [1.165, 1.54) is 20.2 Å². The molecule has 0 fully saturated rings. The molecule has 1 aromatic carbocycles. The van der Waals surface area contributed by atoms with Crippen LogP contribution in [0.5, 0.6) is 11.5 Å². The first-order chi connectivity index (χ1) is 11.4. The van der Waals surface area contributed by atoms with E-state index in [1.807, 2.05) is 13.0 Å². The SMILES string of the molecule is COc1ccc(C)cc1NC(=O)[C@@]1(C)Oc2cccnc2NC1=O. The van der Waals surface area contributed by atoms with Crippen molar-refractivity contribution >= 4 is 23.3 Å². The molecule has 7 heteroatoms. The molecule has 3 rings (SSSR count). The molecule has 0 spiro atoms. The molecule has 24 heavy (non-hydrogen) atoms. The lowest BCUT2D eigenvalue weighted by Gasteiger charge is -2.32. The van der Waals surface area contributed by atoms with Gasteiger partial charge in [-0.3, -0.25) is 9.59 Å². The lowest BCUT2D eigenvalue weighted by molar-refractivity contribution is -0.143. The number of aryl methyl sites for hydroxylation is 1. The maximum Gasteiger partial charge on any atom is 0.279 e. The van der Waals surface area contributed by atoms with E-state index < -0.39 is 17.4 Å². The summed E-state index contributed by atoms with van der Waals surface area (Å²) in [7, 11) is 1.51. The van der Waals surface area contributed by atoms with Crippen LogP contribution in [0.2, 0.25) is 0 Å². The van der Waals surface area contributed by atoms with Crippen LogP contribution in [0.4, 0.5) is 11.5 Å². The molecular formula is C17H17N3O4. The van der Waals surface area contributed by atoms with Crippen LogP contribution < -0.4 is 20.1 Å². The number of hydrogen-bond acceptors (Lipinski definition) is 5. The first-order valence-electron chi connectivity index (χ1n) is 7.35. The molecule has 2 N–H and O–H groups in total. The average molecular weight is 327 g/mol. The summed E-state index contributed by atoms with van der Waals surface area (Å²) in [5.41, 5.74) is -0.304. The highest BCUT2D eigenvalue weighted by Crippen LogP contribution is 2.33. The molecule has 0 unspecified atom stereocenters. The Morgan fingerprint density at radius 1 is 1.38 bits per heavy atom. The number of aromatic nitrogens is 1. The van der Waals surface area contributed by atoms with Crippen LogP contribution in [0.3, 0.4) is 0 Å². The summed E-state index contributed by atoms with van der Waals surface area (Å²) >= 11 is 0. The molecule has 2 amide bonds. The number of ether oxygens (including phenoxy) is 2. The van der Waals surface area contributed by atoms with Gasteiger partial charge in [-0.2, -0.15) is 0 Å². The Balaban J connectivity index is 1.90. The summed E-state index contributed by atoms with van der Waals surface area (Å²) in [4.78, 5) is 29.1. The summed E-state index contributed by atoms with van der Waals surface area (Å²) in [6.45, 7) is 3.30. The van der Waals surface area contributed by atoms with E-state index >= 15 is 0 Å². The number of fused-ring (bicyclic) bond motifs is 1. The van der Waals surface area contributed by atoms with Gasteiger partial charge in [0.1, 0.15) is 5.75 Å². The topological polar surface area (TPSA) is 89.6 Å². The number of carbonyl (C=O) groups excluding carboxylic acids is 2. The fraction of sp³-hybridized carbons (Fsp3) is 0.235. The smallest absolute Gasteiger partial charge is 0.279 e. The third kappa shape index (κ3) is 2.64. The van der Waals surface area contributed by atoms with E-state index in [2.05, 4.69) is 15.6 Å². The van der Waals surface area contributed by atoms with Crippen molar-refractivity contribution in [1.29, 1.82) is 0 Å². The van der Waals surface area contributed by atoms with Crippen LogP contribution in [0.1, 0.15) is 12.5 Å². The largest absolute Gasteiger partial charge is 0.495 e. The van der Waals surface area contributed by atoms with E-state index in [0.29, 0.717) is 23.0 Å². The molecule has 0 saturated carbocycles. The Hall–Kier alpha value is -3.09. The van der Waals surface area contributed by atoms with Crippen LogP contribution in [0.25, 0.3) is 0 Å². The second-order valence-corrected chi connectivity index (χ2v) is 5.60. The lowest BCUT2D eigenvalue weighted by Crippen LogP contribution is -2.56. The molecule has 0 saturated heterocycles. The number of pyridine rings is 1. The highest BCUT2D eigenvalue weighted by atomic mass is 16.5. The first-order valence-corrected chi connectivity index (χ1v) is 7.35. The molecule has 0 aliphatic carbocycles. The fourth-order valence-electron chi connectivity index (χ4n) is 2.37. The van der Waals surface area contributed by atoms with Crippen LogP contribution in [0.15, 0.2) is 36.5 Å². The standard InChI is InChI=1S/C17H17N3O4/c1-10-6-7-12(23-3)11(9-10)19-15(21)17(2)16(22)20-14-13(24-17)5-4-8-18-14/h4-9H,1-3H3,(H,19,21)(H,18,20,22)/t17-/m1/s1. The Morgan fingerprint density at radius 2 is 2.17 bits per heavy atom. The maximum absolute atomic E-state index is 12.7. The highest BCUT2D eigenvalue weighted by molar-refractivity contribution is 6.18. The van der Waals surface area contributed by atoms with Gasteiger partial charge >= 0.3 is 0 Å². The van der Waals surface area contributed by atoms with Crippen LogP contribution in [0, 0.1) is 6.92 Å². The molecule has 0 radical (unpaired) electrons. The van der Waals surface area contributed by atoms with Gasteiger partial charge in [0.15, 0.2) is 11.6 Å². The third-order valence-electron chi connectivity index (χ3n) is 3.79. The van der Waals surface area contributed by atoms with Gasteiger partial charge in [0, 0.05) is 6.20 Å². The molecule has 124 valence electrons. The van der Waals surface area contributed by atoms with Crippen LogP contribution in [-0.4, -0.2) is 29.5 Å². The number of carbonyl (C=O) groups is 2. The Kier molecular flexibility index (Phi) is 3.84. The Bertz CT molecular complexity index is 821. The van der Waals surface area contributed by atoms with Gasteiger partial charge in [0.25, 0.3) is 17.4 Å². The van der Waals surface area contributed by atoms with E-state index in [4.69, 9.17) is 9.47 Å². The van der Waals surface area contributed by atoms with E-state index in [1.54, 1.807) is 24.3 Å². The van der Waals surface area contributed by atoms with Crippen molar-refractivity contribution in [2.75, 3.05) is 17.7 Å². The zero-order valence-electron chi connectivity index (χ0n) is 13.5. The molecule has 0 bridgehead atoms. The van der Waals surface area contributed by atoms with Crippen molar-refractivity contribution in [3.8, 4) is 11.5 Å². The molecule has 7 nitrogen and oxygen atoms in total. The number of nitrogens with zero attached hydrogens (tertiary/aromatic N) is 1. The van der Waals surface area contributed by atoms with Crippen molar-refractivity contribution in [3.63, 3.8) is 0 Å². The van der Waals surface area contributed by atoms with Gasteiger partial charge in [0.05, 0.1) is 12.8 Å². The number of benzene rings is 1. The summed E-state index contributed by atoms with van der Waals surface area (Å²) in [6.07, 6.45) is 1.53. The Morgan fingerprint density at radius 3 is 2.92 bits per heavy atom. The quantitative estimate of drug-likeness (QED) is 0.843. The van der Waals surface area contributed by atoms with Gasteiger partial charge in [-0.1, -0.05) is 6.07 Å². The summed E-state index contributed by atoms with van der Waals surface area (Å²) in [6, 6.07) is 8.67. The summed E-state index contributed by atoms with van der Waals surface area (Å²) < 4.78 is 10.9. The van der Waals surface area contributed by atoms with Gasteiger partial charge in [0.2, 0.25) is 0 Å². The molecule has 2 aromatic rings. The zero-order chi connectivity index (χ0) is 17.3. The van der Waals surface area contributed by atoms with E-state index in [0.717, 1.165) is 5.56 Å². The first kappa shape index (κ1) is 15.8. The van der Waals surface area contributed by atoms with Crippen molar-refractivity contribution < 1.29 is 19.1 Å². The number of hydrogen-bond donors (Lipinski definition) is 2. The van der Waals surface area contributed by atoms with Crippen molar-refractivity contribution in [2.24, 2.45) is 0 Å². The normalized spacial score (nSPS) is 18.9. The second kappa shape index (κ2) is 5.84. The maximum atomic E-state index is 12.7. The molecule has 1 atom stereocenters. The monoisotopic (exact) mass is 327 g/mol. The lowest BCUT2D eigenvalue weighted by atomic mass is 10.0. The van der Waals surface area contributed by atoms with Crippen molar-refractivity contribution in [2.45, 2.75) is 19.4 Å². The molecular weight excluding hydrogens is 310 g/mol. The average Bonchev–Trinajstić information content (AvgIpc) is 2.56. The van der Waals surface area contributed by atoms with Gasteiger partial charge in [-0.05, 0) is 43.7 Å². The van der Waals surface area contributed by atoms with E-state index in [-0.39, 0.29) is 0 Å². The number of rotatable bonds is 3. The van der Waals surface area contributed by atoms with Crippen molar-refractivity contribution in [3.05, 3.63) is 42.1 Å². The van der Waals surface area contributed by atoms with Crippen LogP contribution >= 0.6 is 0 Å². The fourth-order valence-corrected chi connectivity index (χ4v) is 2.37. The summed E-state index contributed by atoms with van der Waals surface area (Å²) in [5, 5.41) is 5.29. The molecule has 1 aliphatic heterocycles. The Labute approximate surface area is 139 Å². The number of amides is 2.